The van der Waals surface area contributed by atoms with Crippen molar-refractivity contribution in [2.24, 2.45) is 0 Å². The summed E-state index contributed by atoms with van der Waals surface area (Å²) < 4.78 is 62.7. The van der Waals surface area contributed by atoms with Gasteiger partial charge in [-0.2, -0.15) is 13.2 Å². The van der Waals surface area contributed by atoms with Crippen LogP contribution in [0, 0.1) is 0 Å². The van der Waals surface area contributed by atoms with E-state index in [4.69, 9.17) is 0 Å². The molecular weight excluding hydrogens is 487 g/mol. The molecule has 0 radical (unpaired) electrons. The second-order valence-electron chi connectivity index (χ2n) is 6.77. The summed E-state index contributed by atoms with van der Waals surface area (Å²) in [7, 11) is -3.37. The number of rotatable bonds is 4. The minimum atomic E-state index is -4.51. The summed E-state index contributed by atoms with van der Waals surface area (Å²) >= 11 is 3.41. The molecule has 2 heterocycles. The Bertz CT molecular complexity index is 1120. The molecule has 0 atom stereocenters. The van der Waals surface area contributed by atoms with Crippen LogP contribution >= 0.6 is 15.9 Å². The van der Waals surface area contributed by atoms with Crippen LogP contribution in [0.5, 0.6) is 0 Å². The molecule has 0 unspecified atom stereocenters. The minimum Gasteiger partial charge on any atom is -0.349 e. The van der Waals surface area contributed by atoms with Crippen LogP contribution in [0.2, 0.25) is 0 Å². The molecule has 2 aromatic rings. The number of pyridine rings is 1. The zero-order valence-electron chi connectivity index (χ0n) is 15.9. The summed E-state index contributed by atoms with van der Waals surface area (Å²) in [6.07, 6.45) is -2.19. The number of allylic oxidation sites excluding steroid dienone is 1. The molecule has 1 amide bonds. The Morgan fingerprint density at radius 2 is 1.90 bits per heavy atom. The first-order valence-corrected chi connectivity index (χ1v) is 11.3. The third-order valence-corrected chi connectivity index (χ3v) is 6.67. The zero-order chi connectivity index (χ0) is 22.3. The van der Waals surface area contributed by atoms with Gasteiger partial charge in [0.25, 0.3) is 5.91 Å². The quantitative estimate of drug-likeness (QED) is 0.591. The lowest BCUT2D eigenvalue weighted by atomic mass is 10.1. The molecule has 11 heteroatoms. The molecule has 0 fully saturated rings. The smallest absolute Gasteiger partial charge is 0.349 e. The maximum atomic E-state index is 13.0. The van der Waals surface area contributed by atoms with E-state index in [-0.39, 0.29) is 23.7 Å². The molecule has 1 aromatic carbocycles. The highest BCUT2D eigenvalue weighted by Gasteiger charge is 2.33. The summed E-state index contributed by atoms with van der Waals surface area (Å²) in [6, 6.07) is 7.57. The average molecular weight is 504 g/mol. The van der Waals surface area contributed by atoms with Gasteiger partial charge in [0, 0.05) is 18.1 Å². The Balaban J connectivity index is 1.87. The van der Waals surface area contributed by atoms with Gasteiger partial charge in [-0.25, -0.2) is 8.42 Å². The number of anilines is 1. The Morgan fingerprint density at radius 3 is 2.47 bits per heavy atom. The molecule has 6 nitrogen and oxygen atoms in total. The fourth-order valence-electron chi connectivity index (χ4n) is 3.02. The zero-order valence-corrected chi connectivity index (χ0v) is 18.3. The van der Waals surface area contributed by atoms with E-state index in [0.29, 0.717) is 16.0 Å². The van der Waals surface area contributed by atoms with E-state index in [1.807, 2.05) is 0 Å². The van der Waals surface area contributed by atoms with Crippen molar-refractivity contribution in [2.45, 2.75) is 24.5 Å². The van der Waals surface area contributed by atoms with E-state index in [2.05, 4.69) is 20.9 Å². The molecule has 3 rings (SSSR count). The van der Waals surface area contributed by atoms with Crippen LogP contribution in [0.1, 0.15) is 18.2 Å². The van der Waals surface area contributed by atoms with Crippen LogP contribution in [0.4, 0.5) is 18.9 Å². The standard InChI is InChI=1S/C19H17BrF3N3O3S/c1-12-18(20)25(10-14-6-7-16(9-24-14)30(2,28)29)11-17(27)26(12)15-5-3-4-13(8-15)19(21,22)23/h3-9H,10-11H2,1-2H3. The Labute approximate surface area is 180 Å². The van der Waals surface area contributed by atoms with Crippen molar-refractivity contribution < 1.29 is 26.4 Å². The molecule has 0 N–H and O–H groups in total. The number of alkyl halides is 3. The lowest BCUT2D eigenvalue weighted by molar-refractivity contribution is -0.137. The monoisotopic (exact) mass is 503 g/mol. The number of benzene rings is 1. The van der Waals surface area contributed by atoms with Crippen LogP contribution < -0.4 is 4.90 Å². The number of hydrogen-bond acceptors (Lipinski definition) is 5. The molecule has 1 aliphatic heterocycles. The van der Waals surface area contributed by atoms with Gasteiger partial charge in [0.15, 0.2) is 9.84 Å². The van der Waals surface area contributed by atoms with E-state index >= 15 is 0 Å². The summed E-state index contributed by atoms with van der Waals surface area (Å²) in [6.45, 7) is 1.74. The van der Waals surface area contributed by atoms with Crippen molar-refractivity contribution in [3.8, 4) is 0 Å². The molecular formula is C19H17BrF3N3O3S. The topological polar surface area (TPSA) is 70.6 Å². The SMILES string of the molecule is CC1=C(Br)N(Cc2ccc(S(C)(=O)=O)cn2)CC(=O)N1c1cccc(C(F)(F)F)c1. The van der Waals surface area contributed by atoms with Crippen molar-refractivity contribution in [3.63, 3.8) is 0 Å². The predicted molar refractivity (Wildman–Crippen MR) is 108 cm³/mol. The number of carbonyl (C=O) groups is 1. The molecule has 0 aliphatic carbocycles. The van der Waals surface area contributed by atoms with Crippen molar-refractivity contribution >= 4 is 37.4 Å². The highest BCUT2D eigenvalue weighted by atomic mass is 79.9. The second-order valence-corrected chi connectivity index (χ2v) is 9.53. The van der Waals surface area contributed by atoms with Crippen LogP contribution in [-0.4, -0.2) is 37.0 Å². The Morgan fingerprint density at radius 1 is 1.20 bits per heavy atom. The summed E-state index contributed by atoms with van der Waals surface area (Å²) in [5, 5.41) is 0. The maximum Gasteiger partial charge on any atom is 0.416 e. The van der Waals surface area contributed by atoms with Gasteiger partial charge < -0.3 is 4.90 Å². The van der Waals surface area contributed by atoms with Crippen LogP contribution in [0.3, 0.4) is 0 Å². The molecule has 160 valence electrons. The normalized spacial score (nSPS) is 15.7. The number of halogens is 4. The minimum absolute atomic E-state index is 0.0856. The number of amides is 1. The van der Waals surface area contributed by atoms with Crippen LogP contribution in [0.25, 0.3) is 0 Å². The van der Waals surface area contributed by atoms with E-state index in [0.717, 1.165) is 18.4 Å². The lowest BCUT2D eigenvalue weighted by Gasteiger charge is -2.36. The first kappa shape index (κ1) is 22.3. The van der Waals surface area contributed by atoms with E-state index < -0.39 is 27.5 Å². The third-order valence-electron chi connectivity index (χ3n) is 4.50. The van der Waals surface area contributed by atoms with Gasteiger partial charge in [0.2, 0.25) is 0 Å². The first-order chi connectivity index (χ1) is 13.9. The molecule has 0 spiro atoms. The largest absolute Gasteiger partial charge is 0.416 e. The van der Waals surface area contributed by atoms with E-state index in [9.17, 15) is 26.4 Å². The fraction of sp³-hybridized carbons (Fsp3) is 0.263. The predicted octanol–water partition coefficient (Wildman–Crippen LogP) is 3.94. The van der Waals surface area contributed by atoms with Gasteiger partial charge in [0.1, 0.15) is 4.61 Å². The number of carbonyl (C=O) groups excluding carboxylic acids is 1. The second kappa shape index (κ2) is 8.03. The summed E-state index contributed by atoms with van der Waals surface area (Å²) in [5.41, 5.74) is 0.250. The van der Waals surface area contributed by atoms with Crippen LogP contribution in [0.15, 0.2) is 57.8 Å². The summed E-state index contributed by atoms with van der Waals surface area (Å²) in [4.78, 5) is 19.9. The third kappa shape index (κ3) is 4.67. The number of aromatic nitrogens is 1. The molecule has 1 aliphatic rings. The molecule has 0 bridgehead atoms. The Kier molecular flexibility index (Phi) is 5.96. The molecule has 30 heavy (non-hydrogen) atoms. The number of hydrogen-bond donors (Lipinski definition) is 0. The van der Waals surface area contributed by atoms with E-state index in [1.54, 1.807) is 17.9 Å². The maximum absolute atomic E-state index is 13.0. The van der Waals surface area contributed by atoms with Crippen LogP contribution in [-0.2, 0) is 27.4 Å². The molecule has 0 saturated heterocycles. The van der Waals surface area contributed by atoms with E-state index in [1.165, 1.54) is 29.3 Å². The number of sulfone groups is 1. The Hall–Kier alpha value is -2.40. The lowest BCUT2D eigenvalue weighted by Crippen LogP contribution is -2.44. The van der Waals surface area contributed by atoms with Gasteiger partial charge >= 0.3 is 6.18 Å². The highest BCUT2D eigenvalue weighted by Crippen LogP contribution is 2.35. The highest BCUT2D eigenvalue weighted by molar-refractivity contribution is 9.11. The fourth-order valence-corrected chi connectivity index (χ4v) is 4.00. The van der Waals surface area contributed by atoms with Gasteiger partial charge in [0.05, 0.1) is 34.9 Å². The van der Waals surface area contributed by atoms with Crippen molar-refractivity contribution in [3.05, 3.63) is 64.2 Å². The van der Waals surface area contributed by atoms with Crippen molar-refractivity contribution in [1.29, 1.82) is 0 Å². The van der Waals surface area contributed by atoms with Gasteiger partial charge in [-0.05, 0) is 53.2 Å². The first-order valence-electron chi connectivity index (χ1n) is 8.64. The average Bonchev–Trinajstić information content (AvgIpc) is 2.65. The summed E-state index contributed by atoms with van der Waals surface area (Å²) in [5.74, 6) is -0.400. The van der Waals surface area contributed by atoms with Crippen molar-refractivity contribution in [2.75, 3.05) is 17.7 Å². The molecule has 1 aromatic heterocycles. The number of nitrogens with zero attached hydrogens (tertiary/aromatic N) is 3. The molecule has 0 saturated carbocycles. The van der Waals surface area contributed by atoms with Gasteiger partial charge in [-0.3, -0.25) is 14.7 Å². The van der Waals surface area contributed by atoms with Gasteiger partial charge in [-0.1, -0.05) is 6.07 Å². The van der Waals surface area contributed by atoms with Crippen molar-refractivity contribution in [1.82, 2.24) is 9.88 Å². The van der Waals surface area contributed by atoms with Gasteiger partial charge in [-0.15, -0.1) is 0 Å².